The van der Waals surface area contributed by atoms with Crippen molar-refractivity contribution < 1.29 is 27.3 Å². The van der Waals surface area contributed by atoms with Gasteiger partial charge in [-0.2, -0.15) is 23.3 Å². The molecule has 5 rings (SSSR count). The van der Waals surface area contributed by atoms with Crippen LogP contribution in [0.15, 0.2) is 63.4 Å². The number of benzene rings is 2. The first-order valence-electron chi connectivity index (χ1n) is 10.8. The Kier molecular flexibility index (Phi) is 5.37. The summed E-state index contributed by atoms with van der Waals surface area (Å²) in [5.41, 5.74) is 0.800. The second-order valence-electron chi connectivity index (χ2n) is 8.54. The second kappa shape index (κ2) is 8.29. The maximum Gasteiger partial charge on any atom is 0.416 e. The lowest BCUT2D eigenvalue weighted by molar-refractivity contribution is -0.137. The Morgan fingerprint density at radius 3 is 2.49 bits per heavy atom. The molecule has 2 atom stereocenters. The highest BCUT2D eigenvalue weighted by Gasteiger charge is 2.55. The molecule has 0 N–H and O–H groups in total. The molecule has 12 heteroatoms. The fourth-order valence-electron chi connectivity index (χ4n) is 4.03. The molecule has 2 aliphatic rings. The third-order valence-corrected chi connectivity index (χ3v) is 5.89. The molecule has 2 amide bonds. The van der Waals surface area contributed by atoms with Crippen LogP contribution in [0, 0.1) is 0 Å². The summed E-state index contributed by atoms with van der Waals surface area (Å²) in [5.74, 6) is -0.706. The molecule has 180 valence electrons. The largest absolute Gasteiger partial charge is 0.416 e. The molecule has 1 saturated heterocycles. The quantitative estimate of drug-likeness (QED) is 0.498. The van der Waals surface area contributed by atoms with Gasteiger partial charge in [-0.25, -0.2) is 4.90 Å². The van der Waals surface area contributed by atoms with Crippen LogP contribution in [0.4, 0.5) is 18.9 Å². The number of carbonyl (C=O) groups excluding carboxylic acids is 2. The summed E-state index contributed by atoms with van der Waals surface area (Å²) >= 11 is 0. The third kappa shape index (κ3) is 4.04. The van der Waals surface area contributed by atoms with Crippen molar-refractivity contribution >= 4 is 17.5 Å². The van der Waals surface area contributed by atoms with Crippen LogP contribution in [0.25, 0.3) is 11.4 Å². The summed E-state index contributed by atoms with van der Waals surface area (Å²) in [7, 11) is 0. The molecule has 2 aromatic carbocycles. The number of rotatable bonds is 5. The normalized spacial score (nSPS) is 19.8. The fourth-order valence-corrected chi connectivity index (χ4v) is 4.03. The van der Waals surface area contributed by atoms with Crippen molar-refractivity contribution in [2.75, 3.05) is 4.90 Å². The highest BCUT2D eigenvalue weighted by atomic mass is 19.4. The standard InChI is InChI=1S/C23H19F3N6O3/c1-12(2)13-6-8-16(9-7-13)32-21(33)18-19(22(32)34)31(30-28-18)11-17-27-20(29-35-17)14-4-3-5-15(10-14)23(24,25)26/h3-10,12,18-19H,11H2,1-2H3/t18-,19-/m0/s1. The number of alkyl halides is 3. The van der Waals surface area contributed by atoms with Crippen LogP contribution in [-0.2, 0) is 22.3 Å². The number of fused-ring (bicyclic) bond motifs is 1. The van der Waals surface area contributed by atoms with E-state index in [9.17, 15) is 22.8 Å². The lowest BCUT2D eigenvalue weighted by atomic mass is 10.0. The number of hydrogen-bond donors (Lipinski definition) is 0. The third-order valence-electron chi connectivity index (χ3n) is 5.89. The number of nitrogens with zero attached hydrogens (tertiary/aromatic N) is 6. The maximum absolute atomic E-state index is 13.1. The van der Waals surface area contributed by atoms with Gasteiger partial charge in [0.25, 0.3) is 11.8 Å². The van der Waals surface area contributed by atoms with Crippen molar-refractivity contribution in [2.45, 2.75) is 44.6 Å². The van der Waals surface area contributed by atoms with E-state index < -0.39 is 35.6 Å². The molecule has 0 bridgehead atoms. The van der Waals surface area contributed by atoms with Gasteiger partial charge in [0.05, 0.1) is 11.3 Å². The van der Waals surface area contributed by atoms with Crippen molar-refractivity contribution in [2.24, 2.45) is 10.3 Å². The lowest BCUT2D eigenvalue weighted by Gasteiger charge is -2.19. The van der Waals surface area contributed by atoms with E-state index in [1.54, 1.807) is 12.1 Å². The van der Waals surface area contributed by atoms with Crippen LogP contribution in [-0.4, -0.2) is 39.0 Å². The molecule has 0 unspecified atom stereocenters. The van der Waals surface area contributed by atoms with E-state index in [1.807, 2.05) is 26.0 Å². The van der Waals surface area contributed by atoms with Gasteiger partial charge < -0.3 is 4.52 Å². The zero-order valence-electron chi connectivity index (χ0n) is 18.6. The van der Waals surface area contributed by atoms with E-state index in [2.05, 4.69) is 20.5 Å². The molecule has 3 aromatic rings. The number of halogens is 3. The molecule has 0 aliphatic carbocycles. The van der Waals surface area contributed by atoms with Crippen LogP contribution in [0.3, 0.4) is 0 Å². The number of hydrogen-bond acceptors (Lipinski definition) is 8. The van der Waals surface area contributed by atoms with Gasteiger partial charge >= 0.3 is 6.18 Å². The van der Waals surface area contributed by atoms with Crippen LogP contribution in [0.1, 0.15) is 36.8 Å². The molecule has 0 radical (unpaired) electrons. The Morgan fingerprint density at radius 2 is 1.80 bits per heavy atom. The first-order valence-corrected chi connectivity index (χ1v) is 10.8. The van der Waals surface area contributed by atoms with E-state index in [-0.39, 0.29) is 23.8 Å². The number of anilines is 1. The van der Waals surface area contributed by atoms with E-state index in [0.29, 0.717) is 11.6 Å². The van der Waals surface area contributed by atoms with E-state index in [0.717, 1.165) is 22.6 Å². The number of carbonyl (C=O) groups is 2. The summed E-state index contributed by atoms with van der Waals surface area (Å²) in [4.78, 5) is 31.3. The van der Waals surface area contributed by atoms with Gasteiger partial charge in [0.2, 0.25) is 11.7 Å². The molecular formula is C23H19F3N6O3. The minimum atomic E-state index is -4.51. The molecule has 3 heterocycles. The van der Waals surface area contributed by atoms with Crippen molar-refractivity contribution in [3.63, 3.8) is 0 Å². The van der Waals surface area contributed by atoms with Gasteiger partial charge in [0.1, 0.15) is 6.54 Å². The first-order chi connectivity index (χ1) is 16.6. The van der Waals surface area contributed by atoms with Gasteiger partial charge in [-0.05, 0) is 35.7 Å². The smallest absolute Gasteiger partial charge is 0.337 e. The molecule has 9 nitrogen and oxygen atoms in total. The highest BCUT2D eigenvalue weighted by Crippen LogP contribution is 2.34. The average Bonchev–Trinajstić information content (AvgIpc) is 3.52. The Morgan fingerprint density at radius 1 is 1.06 bits per heavy atom. The zero-order chi connectivity index (χ0) is 24.9. The predicted molar refractivity (Wildman–Crippen MR) is 116 cm³/mol. The fraction of sp³-hybridized carbons (Fsp3) is 0.304. The molecule has 1 fully saturated rings. The summed E-state index contributed by atoms with van der Waals surface area (Å²) in [6, 6.07) is 9.72. The van der Waals surface area contributed by atoms with Gasteiger partial charge in [0, 0.05) is 5.56 Å². The summed E-state index contributed by atoms with van der Waals surface area (Å²) in [5, 5.41) is 12.9. The number of amides is 2. The summed E-state index contributed by atoms with van der Waals surface area (Å²) in [6.45, 7) is 3.94. The lowest BCUT2D eigenvalue weighted by Crippen LogP contribution is -2.39. The van der Waals surface area contributed by atoms with E-state index >= 15 is 0 Å². The minimum absolute atomic E-state index is 0.0111. The van der Waals surface area contributed by atoms with Crippen LogP contribution < -0.4 is 4.90 Å². The SMILES string of the molecule is CC(C)c1ccc(N2C(=O)[C@H]3N=NN(Cc4nc(-c5cccc(C(F)(F)F)c5)no4)[C@@H]3C2=O)cc1. The Hall–Kier alpha value is -4.09. The van der Waals surface area contributed by atoms with E-state index in [1.165, 1.54) is 17.1 Å². The number of imide groups is 1. The van der Waals surface area contributed by atoms with Crippen molar-refractivity contribution in [3.8, 4) is 11.4 Å². The van der Waals surface area contributed by atoms with E-state index in [4.69, 9.17) is 4.52 Å². The predicted octanol–water partition coefficient (Wildman–Crippen LogP) is 4.37. The van der Waals surface area contributed by atoms with Gasteiger partial charge in [-0.3, -0.25) is 14.6 Å². The highest BCUT2D eigenvalue weighted by molar-refractivity contribution is 6.25. The van der Waals surface area contributed by atoms with Crippen LogP contribution in [0.2, 0.25) is 0 Å². The summed E-state index contributed by atoms with van der Waals surface area (Å²) in [6.07, 6.45) is -4.51. The minimum Gasteiger partial charge on any atom is -0.337 e. The van der Waals surface area contributed by atoms with Crippen LogP contribution in [0.5, 0.6) is 0 Å². The summed E-state index contributed by atoms with van der Waals surface area (Å²) < 4.78 is 44.2. The van der Waals surface area contributed by atoms with Gasteiger partial charge in [0.15, 0.2) is 12.1 Å². The molecule has 1 aromatic heterocycles. The molecule has 2 aliphatic heterocycles. The first kappa shape index (κ1) is 22.7. The second-order valence-corrected chi connectivity index (χ2v) is 8.54. The van der Waals surface area contributed by atoms with Crippen molar-refractivity contribution in [1.29, 1.82) is 0 Å². The average molecular weight is 484 g/mol. The molecule has 35 heavy (non-hydrogen) atoms. The molecule has 0 spiro atoms. The monoisotopic (exact) mass is 484 g/mol. The van der Waals surface area contributed by atoms with Crippen molar-refractivity contribution in [3.05, 3.63) is 65.5 Å². The van der Waals surface area contributed by atoms with Gasteiger partial charge in [-0.15, -0.1) is 0 Å². The molecule has 0 saturated carbocycles. The number of aromatic nitrogens is 2. The molecular weight excluding hydrogens is 465 g/mol. The topological polar surface area (TPSA) is 104 Å². The zero-order valence-corrected chi connectivity index (χ0v) is 18.6. The Bertz CT molecular complexity index is 1320. The Labute approximate surface area is 197 Å². The van der Waals surface area contributed by atoms with Gasteiger partial charge in [-0.1, -0.05) is 48.5 Å². The maximum atomic E-state index is 13.1. The van der Waals surface area contributed by atoms with Crippen molar-refractivity contribution in [1.82, 2.24) is 15.1 Å². The van der Waals surface area contributed by atoms with Crippen LogP contribution >= 0.6 is 0 Å². The Balaban J connectivity index is 1.34.